The molecule has 0 radical (unpaired) electrons. The molecule has 0 aliphatic rings. The SMILES string of the molecule is CC=CC(C)(C)C=CCCCCC.CCCCCCCO.CCCCO. The highest BCUT2D eigenvalue weighted by molar-refractivity contribution is 5.06. The van der Waals surface area contributed by atoms with E-state index in [1.807, 2.05) is 0 Å². The fourth-order valence-corrected chi connectivity index (χ4v) is 2.26. The van der Waals surface area contributed by atoms with Gasteiger partial charge in [0.2, 0.25) is 0 Å². The summed E-state index contributed by atoms with van der Waals surface area (Å²) in [4.78, 5) is 0. The minimum atomic E-state index is 0.237. The third-order valence-corrected chi connectivity index (χ3v) is 3.89. The number of aliphatic hydroxyl groups excluding tert-OH is 2. The molecule has 0 amide bonds. The smallest absolute Gasteiger partial charge is 0.0431 e. The highest BCUT2D eigenvalue weighted by Gasteiger charge is 2.06. The lowest BCUT2D eigenvalue weighted by Crippen LogP contribution is -2.01. The van der Waals surface area contributed by atoms with Gasteiger partial charge in [0.05, 0.1) is 0 Å². The molecule has 0 aliphatic carbocycles. The van der Waals surface area contributed by atoms with E-state index in [-0.39, 0.29) is 5.41 Å². The second-order valence-corrected chi connectivity index (χ2v) is 7.43. The van der Waals surface area contributed by atoms with E-state index in [0.29, 0.717) is 13.2 Å². The van der Waals surface area contributed by atoms with Crippen LogP contribution in [0.4, 0.5) is 0 Å². The quantitative estimate of drug-likeness (QED) is 0.261. The fraction of sp³-hybridized carbons (Fsp3) is 0.833. The number of unbranched alkanes of at least 4 members (excludes halogenated alkanes) is 8. The van der Waals surface area contributed by atoms with Crippen LogP contribution >= 0.6 is 0 Å². The van der Waals surface area contributed by atoms with Crippen LogP contribution < -0.4 is 0 Å². The summed E-state index contributed by atoms with van der Waals surface area (Å²) in [5.41, 5.74) is 0.237. The van der Waals surface area contributed by atoms with Gasteiger partial charge >= 0.3 is 0 Å². The van der Waals surface area contributed by atoms with Crippen LogP contribution in [0.3, 0.4) is 0 Å². The molecule has 0 aromatic rings. The van der Waals surface area contributed by atoms with E-state index in [9.17, 15) is 0 Å². The molecule has 0 heterocycles. The van der Waals surface area contributed by atoms with Gasteiger partial charge in [-0.05, 0) is 32.6 Å². The Balaban J connectivity index is -0.000000346. The maximum Gasteiger partial charge on any atom is 0.0431 e. The van der Waals surface area contributed by atoms with Gasteiger partial charge in [0, 0.05) is 18.6 Å². The Morgan fingerprint density at radius 1 is 0.654 bits per heavy atom. The van der Waals surface area contributed by atoms with Crippen LogP contribution in [-0.2, 0) is 0 Å². The number of hydrogen-bond acceptors (Lipinski definition) is 2. The van der Waals surface area contributed by atoms with E-state index in [1.54, 1.807) is 0 Å². The molecule has 0 atom stereocenters. The Hall–Kier alpha value is -0.600. The van der Waals surface area contributed by atoms with Crippen molar-refractivity contribution in [2.75, 3.05) is 13.2 Å². The molecule has 2 heteroatoms. The van der Waals surface area contributed by atoms with Crippen LogP contribution in [0.2, 0.25) is 0 Å². The van der Waals surface area contributed by atoms with Crippen LogP contribution in [0.5, 0.6) is 0 Å². The van der Waals surface area contributed by atoms with Crippen molar-refractivity contribution in [1.29, 1.82) is 0 Å². The Morgan fingerprint density at radius 2 is 1.15 bits per heavy atom. The average molecular weight is 371 g/mol. The molecular weight excluding hydrogens is 320 g/mol. The van der Waals surface area contributed by atoms with Gasteiger partial charge in [-0.1, -0.05) is 104 Å². The van der Waals surface area contributed by atoms with Crippen LogP contribution in [0.15, 0.2) is 24.3 Å². The molecule has 0 saturated carbocycles. The summed E-state index contributed by atoms with van der Waals surface area (Å²) >= 11 is 0. The first-order valence-corrected chi connectivity index (χ1v) is 11.0. The van der Waals surface area contributed by atoms with Crippen molar-refractivity contribution in [1.82, 2.24) is 0 Å². The minimum absolute atomic E-state index is 0.237. The van der Waals surface area contributed by atoms with Gasteiger partial charge in [-0.3, -0.25) is 0 Å². The van der Waals surface area contributed by atoms with Crippen LogP contribution in [0.25, 0.3) is 0 Å². The van der Waals surface area contributed by atoms with Gasteiger partial charge in [-0.15, -0.1) is 0 Å². The molecule has 0 rings (SSSR count). The number of rotatable bonds is 13. The van der Waals surface area contributed by atoms with Crippen LogP contribution in [0.1, 0.15) is 112 Å². The fourth-order valence-electron chi connectivity index (χ4n) is 2.26. The molecule has 2 N–H and O–H groups in total. The highest BCUT2D eigenvalue weighted by atomic mass is 16.3. The number of hydrogen-bond donors (Lipinski definition) is 2. The lowest BCUT2D eigenvalue weighted by Gasteiger charge is -2.13. The van der Waals surface area contributed by atoms with Crippen molar-refractivity contribution in [3.8, 4) is 0 Å². The summed E-state index contributed by atoms with van der Waals surface area (Å²) in [7, 11) is 0. The molecule has 0 aromatic heterocycles. The molecular formula is C24H50O2. The summed E-state index contributed by atoms with van der Waals surface area (Å²) < 4.78 is 0. The zero-order valence-electron chi connectivity index (χ0n) is 18.9. The van der Waals surface area contributed by atoms with Crippen molar-refractivity contribution < 1.29 is 10.2 Å². The first-order chi connectivity index (χ1) is 12.4. The topological polar surface area (TPSA) is 40.5 Å². The molecule has 2 nitrogen and oxygen atoms in total. The molecule has 158 valence electrons. The molecule has 0 fully saturated rings. The molecule has 0 saturated heterocycles. The first-order valence-electron chi connectivity index (χ1n) is 11.0. The summed E-state index contributed by atoms with van der Waals surface area (Å²) in [6.07, 6.45) is 22.3. The molecule has 0 aromatic carbocycles. The third-order valence-electron chi connectivity index (χ3n) is 3.89. The molecule has 0 aliphatic heterocycles. The minimum Gasteiger partial charge on any atom is -0.396 e. The maximum atomic E-state index is 8.37. The average Bonchev–Trinajstić information content (AvgIpc) is 2.60. The second kappa shape index (κ2) is 26.6. The Morgan fingerprint density at radius 3 is 1.58 bits per heavy atom. The Labute approximate surface area is 165 Å². The lowest BCUT2D eigenvalue weighted by atomic mass is 9.92. The van der Waals surface area contributed by atoms with Crippen molar-refractivity contribution in [3.63, 3.8) is 0 Å². The summed E-state index contributed by atoms with van der Waals surface area (Å²) in [6, 6.07) is 0. The molecule has 26 heavy (non-hydrogen) atoms. The van der Waals surface area contributed by atoms with E-state index in [0.717, 1.165) is 19.3 Å². The van der Waals surface area contributed by atoms with Gasteiger partial charge in [0.25, 0.3) is 0 Å². The van der Waals surface area contributed by atoms with E-state index >= 15 is 0 Å². The standard InChI is InChI=1S/C13H24.C7H16O.C4H10O/c1-5-7-8-9-10-12-13(3,4)11-6-2;1-2-3-4-5-6-7-8;1-2-3-4-5/h6,10-12H,5,7-9H2,1-4H3;8H,2-7H2,1H3;5H,2-4H2,1H3. The largest absolute Gasteiger partial charge is 0.396 e. The molecule has 0 spiro atoms. The zero-order chi connectivity index (χ0) is 20.5. The van der Waals surface area contributed by atoms with Gasteiger partial charge in [-0.25, -0.2) is 0 Å². The number of aliphatic hydroxyl groups is 2. The zero-order valence-corrected chi connectivity index (χ0v) is 18.9. The number of allylic oxidation sites excluding steroid dienone is 4. The monoisotopic (exact) mass is 370 g/mol. The first kappa shape index (κ1) is 30.1. The summed E-state index contributed by atoms with van der Waals surface area (Å²) in [6.45, 7) is 13.8. The van der Waals surface area contributed by atoms with Gasteiger partial charge in [0.1, 0.15) is 0 Å². The predicted octanol–water partition coefficient (Wildman–Crippen LogP) is 7.45. The van der Waals surface area contributed by atoms with Crippen molar-refractivity contribution in [2.45, 2.75) is 112 Å². The normalized spacial score (nSPS) is 11.2. The Kier molecular flexibility index (Phi) is 30.9. The molecule has 0 unspecified atom stereocenters. The maximum absolute atomic E-state index is 8.37. The van der Waals surface area contributed by atoms with Crippen molar-refractivity contribution in [2.24, 2.45) is 5.41 Å². The van der Waals surface area contributed by atoms with E-state index in [4.69, 9.17) is 10.2 Å². The van der Waals surface area contributed by atoms with Gasteiger partial charge in [-0.2, -0.15) is 0 Å². The van der Waals surface area contributed by atoms with E-state index < -0.39 is 0 Å². The Bertz CT molecular complexity index is 272. The van der Waals surface area contributed by atoms with Gasteiger partial charge < -0.3 is 10.2 Å². The van der Waals surface area contributed by atoms with Gasteiger partial charge in [0.15, 0.2) is 0 Å². The summed E-state index contributed by atoms with van der Waals surface area (Å²) in [5, 5.41) is 16.4. The molecule has 0 bridgehead atoms. The van der Waals surface area contributed by atoms with Crippen molar-refractivity contribution >= 4 is 0 Å². The van der Waals surface area contributed by atoms with Crippen molar-refractivity contribution in [3.05, 3.63) is 24.3 Å². The third kappa shape index (κ3) is 34.7. The lowest BCUT2D eigenvalue weighted by molar-refractivity contribution is 0.282. The highest BCUT2D eigenvalue weighted by Crippen LogP contribution is 2.19. The van der Waals surface area contributed by atoms with E-state index in [2.05, 4.69) is 65.8 Å². The van der Waals surface area contributed by atoms with Crippen LogP contribution in [0, 0.1) is 5.41 Å². The second-order valence-electron chi connectivity index (χ2n) is 7.43. The van der Waals surface area contributed by atoms with E-state index in [1.165, 1.54) is 51.4 Å². The van der Waals surface area contributed by atoms with Crippen LogP contribution in [-0.4, -0.2) is 23.4 Å². The predicted molar refractivity (Wildman–Crippen MR) is 120 cm³/mol. The summed E-state index contributed by atoms with van der Waals surface area (Å²) in [5.74, 6) is 0.